The molecule has 0 saturated carbocycles. The van der Waals surface area contributed by atoms with Crippen LogP contribution in [0.5, 0.6) is 5.75 Å². The van der Waals surface area contributed by atoms with Crippen LogP contribution < -0.4 is 14.8 Å². The van der Waals surface area contributed by atoms with Crippen molar-refractivity contribution in [1.29, 1.82) is 0 Å². The van der Waals surface area contributed by atoms with E-state index >= 15 is 0 Å². The first-order valence-electron chi connectivity index (χ1n) is 6.96. The van der Waals surface area contributed by atoms with Gasteiger partial charge in [-0.3, -0.25) is 19.6 Å². The Morgan fingerprint density at radius 1 is 1.20 bits per heavy atom. The van der Waals surface area contributed by atoms with E-state index in [1.807, 2.05) is 0 Å². The molecular formula is C15H15N3O6S. The second kappa shape index (κ2) is 7.18. The number of nitrogens with one attached hydrogen (secondary N) is 2. The number of nitro benzene ring substituents is 1. The minimum Gasteiger partial charge on any atom is -0.495 e. The van der Waals surface area contributed by atoms with Gasteiger partial charge in [0.05, 0.1) is 28.3 Å². The molecule has 2 aromatic carbocycles. The van der Waals surface area contributed by atoms with E-state index in [2.05, 4.69) is 10.0 Å². The number of hydrogen-bond acceptors (Lipinski definition) is 6. The van der Waals surface area contributed by atoms with Crippen molar-refractivity contribution < 1.29 is 22.9 Å². The molecule has 0 saturated heterocycles. The summed E-state index contributed by atoms with van der Waals surface area (Å²) in [4.78, 5) is 21.2. The quantitative estimate of drug-likeness (QED) is 0.597. The van der Waals surface area contributed by atoms with Crippen LogP contribution >= 0.6 is 0 Å². The van der Waals surface area contributed by atoms with Crippen LogP contribution in [-0.4, -0.2) is 26.4 Å². The first kappa shape index (κ1) is 18.2. The topological polar surface area (TPSA) is 128 Å². The summed E-state index contributed by atoms with van der Waals surface area (Å²) in [5.74, 6) is -0.166. The van der Waals surface area contributed by atoms with Gasteiger partial charge in [0, 0.05) is 25.1 Å². The monoisotopic (exact) mass is 365 g/mol. The Kier molecular flexibility index (Phi) is 5.22. The van der Waals surface area contributed by atoms with Gasteiger partial charge in [0.2, 0.25) is 5.91 Å². The zero-order chi connectivity index (χ0) is 18.6. The number of carbonyl (C=O) groups excluding carboxylic acids is 1. The third-order valence-corrected chi connectivity index (χ3v) is 4.48. The summed E-state index contributed by atoms with van der Waals surface area (Å²) in [6.45, 7) is 1.31. The van der Waals surface area contributed by atoms with Gasteiger partial charge >= 0.3 is 0 Å². The molecule has 1 amide bonds. The Morgan fingerprint density at radius 2 is 1.92 bits per heavy atom. The van der Waals surface area contributed by atoms with Crippen molar-refractivity contribution in [3.05, 3.63) is 52.6 Å². The van der Waals surface area contributed by atoms with Crippen LogP contribution in [0.15, 0.2) is 47.4 Å². The third-order valence-electron chi connectivity index (χ3n) is 3.10. The molecule has 2 N–H and O–H groups in total. The lowest BCUT2D eigenvalue weighted by Crippen LogP contribution is -2.14. The number of amides is 1. The normalized spacial score (nSPS) is 10.8. The minimum absolute atomic E-state index is 0.0547. The Hall–Kier alpha value is -3.14. The predicted octanol–water partition coefficient (Wildman–Crippen LogP) is 2.36. The van der Waals surface area contributed by atoms with Crippen LogP contribution in [-0.2, 0) is 14.8 Å². The number of carbonyl (C=O) groups is 1. The average Bonchev–Trinajstić information content (AvgIpc) is 2.54. The molecule has 9 nitrogen and oxygen atoms in total. The Bertz CT molecular complexity index is 927. The fourth-order valence-corrected chi connectivity index (χ4v) is 3.09. The van der Waals surface area contributed by atoms with Crippen molar-refractivity contribution in [2.24, 2.45) is 0 Å². The number of benzene rings is 2. The van der Waals surface area contributed by atoms with Crippen molar-refractivity contribution in [3.63, 3.8) is 0 Å². The molecule has 0 aromatic heterocycles. The molecule has 0 unspecified atom stereocenters. The van der Waals surface area contributed by atoms with E-state index in [0.29, 0.717) is 5.69 Å². The summed E-state index contributed by atoms with van der Waals surface area (Å²) >= 11 is 0. The van der Waals surface area contributed by atoms with Crippen molar-refractivity contribution >= 4 is 33.0 Å². The van der Waals surface area contributed by atoms with Crippen LogP contribution in [0.25, 0.3) is 0 Å². The third kappa shape index (κ3) is 4.44. The van der Waals surface area contributed by atoms with Crippen molar-refractivity contribution in [3.8, 4) is 5.75 Å². The highest BCUT2D eigenvalue weighted by atomic mass is 32.2. The van der Waals surface area contributed by atoms with Crippen molar-refractivity contribution in [2.45, 2.75) is 11.8 Å². The van der Waals surface area contributed by atoms with Gasteiger partial charge in [-0.1, -0.05) is 6.07 Å². The number of nitro groups is 1. The molecule has 0 aliphatic rings. The van der Waals surface area contributed by atoms with E-state index in [1.165, 1.54) is 50.4 Å². The molecule has 0 fully saturated rings. The zero-order valence-electron chi connectivity index (χ0n) is 13.3. The maximum Gasteiger partial charge on any atom is 0.271 e. The summed E-state index contributed by atoms with van der Waals surface area (Å²) in [6.07, 6.45) is 0. The Morgan fingerprint density at radius 3 is 2.52 bits per heavy atom. The van der Waals surface area contributed by atoms with Crippen LogP contribution in [0.1, 0.15) is 6.92 Å². The molecule has 0 atom stereocenters. The maximum absolute atomic E-state index is 12.5. The number of non-ortho nitro benzene ring substituents is 1. The lowest BCUT2D eigenvalue weighted by atomic mass is 10.3. The summed E-state index contributed by atoms with van der Waals surface area (Å²) in [5, 5.41) is 13.3. The highest BCUT2D eigenvalue weighted by molar-refractivity contribution is 7.92. The second-order valence-corrected chi connectivity index (χ2v) is 6.64. The van der Waals surface area contributed by atoms with E-state index < -0.39 is 14.9 Å². The minimum atomic E-state index is -4.00. The summed E-state index contributed by atoms with van der Waals surface area (Å²) in [5.41, 5.74) is 0.141. The van der Waals surface area contributed by atoms with Gasteiger partial charge in [0.15, 0.2) is 0 Å². The molecule has 2 aromatic rings. The molecule has 0 bridgehead atoms. The smallest absolute Gasteiger partial charge is 0.271 e. The molecule has 132 valence electrons. The largest absolute Gasteiger partial charge is 0.495 e. The van der Waals surface area contributed by atoms with Gasteiger partial charge in [0.1, 0.15) is 5.75 Å². The lowest BCUT2D eigenvalue weighted by Gasteiger charge is -2.12. The maximum atomic E-state index is 12.5. The Labute approximate surface area is 143 Å². The molecule has 0 aliphatic heterocycles. The number of ether oxygens (including phenoxy) is 1. The number of rotatable bonds is 6. The summed E-state index contributed by atoms with van der Waals surface area (Å²) in [6, 6.07) is 9.05. The molecule has 2 rings (SSSR count). The number of methoxy groups -OCH3 is 1. The van der Waals surface area contributed by atoms with E-state index in [1.54, 1.807) is 0 Å². The highest BCUT2D eigenvalue weighted by Crippen LogP contribution is 2.29. The standard InChI is InChI=1S/C15H15N3O6S/c1-10(19)16-14-7-6-13(9-15(14)24-2)25(22,23)17-11-4-3-5-12(8-11)18(20)21/h3-9,17H,1-2H3,(H,16,19). The molecule has 0 heterocycles. The second-order valence-electron chi connectivity index (χ2n) is 4.96. The van der Waals surface area contributed by atoms with Gasteiger partial charge in [-0.05, 0) is 18.2 Å². The molecular weight excluding hydrogens is 350 g/mol. The molecule has 0 aliphatic carbocycles. The van der Waals surface area contributed by atoms with E-state index in [-0.39, 0.29) is 27.9 Å². The van der Waals surface area contributed by atoms with Crippen molar-refractivity contribution in [2.75, 3.05) is 17.1 Å². The summed E-state index contributed by atoms with van der Waals surface area (Å²) in [7, 11) is -2.66. The highest BCUT2D eigenvalue weighted by Gasteiger charge is 2.18. The number of hydrogen-bond donors (Lipinski definition) is 2. The van der Waals surface area contributed by atoms with Gasteiger partial charge in [-0.15, -0.1) is 0 Å². The first-order chi connectivity index (χ1) is 11.7. The average molecular weight is 365 g/mol. The van der Waals surface area contributed by atoms with Gasteiger partial charge in [-0.25, -0.2) is 8.42 Å². The first-order valence-corrected chi connectivity index (χ1v) is 8.44. The fraction of sp³-hybridized carbons (Fsp3) is 0.133. The Balaban J connectivity index is 2.34. The number of nitrogens with zero attached hydrogens (tertiary/aromatic N) is 1. The van der Waals surface area contributed by atoms with Gasteiger partial charge in [0.25, 0.3) is 15.7 Å². The number of sulfonamides is 1. The lowest BCUT2D eigenvalue weighted by molar-refractivity contribution is -0.384. The fourth-order valence-electron chi connectivity index (χ4n) is 2.03. The predicted molar refractivity (Wildman–Crippen MR) is 91.2 cm³/mol. The van der Waals surface area contributed by atoms with Gasteiger partial charge in [-0.2, -0.15) is 0 Å². The van der Waals surface area contributed by atoms with E-state index in [9.17, 15) is 23.3 Å². The van der Waals surface area contributed by atoms with Crippen molar-refractivity contribution in [1.82, 2.24) is 0 Å². The molecule has 0 spiro atoms. The van der Waals surface area contributed by atoms with Crippen LogP contribution in [0.3, 0.4) is 0 Å². The van der Waals surface area contributed by atoms with Crippen LogP contribution in [0.2, 0.25) is 0 Å². The van der Waals surface area contributed by atoms with Crippen LogP contribution in [0, 0.1) is 10.1 Å². The van der Waals surface area contributed by atoms with E-state index in [0.717, 1.165) is 6.07 Å². The molecule has 0 radical (unpaired) electrons. The van der Waals surface area contributed by atoms with Gasteiger partial charge < -0.3 is 10.1 Å². The number of anilines is 2. The van der Waals surface area contributed by atoms with E-state index in [4.69, 9.17) is 4.74 Å². The zero-order valence-corrected chi connectivity index (χ0v) is 14.2. The molecule has 25 heavy (non-hydrogen) atoms. The molecule has 10 heteroatoms. The SMILES string of the molecule is COc1cc(S(=O)(=O)Nc2cccc([N+](=O)[O-])c2)ccc1NC(C)=O. The summed E-state index contributed by atoms with van der Waals surface area (Å²) < 4.78 is 32.3. The van der Waals surface area contributed by atoms with Crippen LogP contribution in [0.4, 0.5) is 17.1 Å².